The molecule has 9 heteroatoms. The molecule has 0 bridgehead atoms. The molecule has 2 aliphatic rings. The average Bonchev–Trinajstić information content (AvgIpc) is 3.20. The number of nitrogens with one attached hydrogen (secondary N) is 2. The summed E-state index contributed by atoms with van der Waals surface area (Å²) in [7, 11) is 1.77. The number of guanidine groups is 1. The lowest BCUT2D eigenvalue weighted by molar-refractivity contribution is 0.121. The van der Waals surface area contributed by atoms with Gasteiger partial charge in [-0.3, -0.25) is 4.99 Å². The Hall–Kier alpha value is -0.840. The lowest BCUT2D eigenvalue weighted by Crippen LogP contribution is -2.45. The second-order valence-electron chi connectivity index (χ2n) is 7.88. The van der Waals surface area contributed by atoms with E-state index in [9.17, 15) is 0 Å². The molecule has 3 rings (SSSR count). The number of hydrogen-bond donors (Lipinski definition) is 2. The van der Waals surface area contributed by atoms with Crippen molar-refractivity contribution in [2.45, 2.75) is 32.2 Å². The molecule has 7 nitrogen and oxygen atoms in total. The SMILES string of the molecule is CCNC(=NCC1CCN(CCOC)CC1)NC1CCN(c2ncccc2Cl)C1.I. The van der Waals surface area contributed by atoms with E-state index < -0.39 is 0 Å². The van der Waals surface area contributed by atoms with Crippen LogP contribution in [0.2, 0.25) is 5.02 Å². The van der Waals surface area contributed by atoms with Crippen molar-refractivity contribution in [2.75, 3.05) is 64.4 Å². The first-order chi connectivity index (χ1) is 14.2. The van der Waals surface area contributed by atoms with Crippen molar-refractivity contribution in [1.82, 2.24) is 20.5 Å². The van der Waals surface area contributed by atoms with E-state index in [1.165, 1.54) is 12.8 Å². The summed E-state index contributed by atoms with van der Waals surface area (Å²) in [5.41, 5.74) is 0. The molecule has 2 N–H and O–H groups in total. The highest BCUT2D eigenvalue weighted by atomic mass is 127. The number of aromatic nitrogens is 1. The third-order valence-corrected chi connectivity index (χ3v) is 6.03. The second kappa shape index (κ2) is 13.5. The van der Waals surface area contributed by atoms with Gasteiger partial charge in [0.05, 0.1) is 11.6 Å². The number of anilines is 1. The van der Waals surface area contributed by atoms with Crippen LogP contribution in [0, 0.1) is 5.92 Å². The molecule has 1 atom stereocenters. The van der Waals surface area contributed by atoms with Crippen molar-refractivity contribution in [3.05, 3.63) is 23.4 Å². The Bertz CT molecular complexity index is 656. The molecule has 2 aliphatic heterocycles. The molecule has 0 saturated carbocycles. The van der Waals surface area contributed by atoms with Crippen LogP contribution in [0.3, 0.4) is 0 Å². The number of piperidine rings is 1. The van der Waals surface area contributed by atoms with Crippen LogP contribution in [-0.4, -0.2) is 81.4 Å². The molecule has 0 aromatic carbocycles. The van der Waals surface area contributed by atoms with E-state index in [1.807, 2.05) is 12.1 Å². The van der Waals surface area contributed by atoms with Gasteiger partial charge in [0.15, 0.2) is 5.96 Å². The van der Waals surface area contributed by atoms with Gasteiger partial charge in [0.2, 0.25) is 0 Å². The van der Waals surface area contributed by atoms with E-state index in [0.717, 1.165) is 70.6 Å². The summed E-state index contributed by atoms with van der Waals surface area (Å²) in [6.45, 7) is 9.85. The summed E-state index contributed by atoms with van der Waals surface area (Å²) >= 11 is 6.31. The first-order valence-corrected chi connectivity index (χ1v) is 11.2. The van der Waals surface area contributed by atoms with Gasteiger partial charge < -0.3 is 25.2 Å². The van der Waals surface area contributed by atoms with Crippen molar-refractivity contribution < 1.29 is 4.74 Å². The standard InChI is InChI=1S/C21H35ClN6O.HI/c1-3-23-21(25-15-17-6-10-27(11-7-17)13-14-29-2)26-18-8-12-28(16-18)20-19(22)5-4-9-24-20;/h4-5,9,17-18H,3,6-8,10-16H2,1-2H3,(H2,23,25,26);1H. The molecular formula is C21H36ClIN6O. The summed E-state index contributed by atoms with van der Waals surface area (Å²) in [4.78, 5) is 14.1. The zero-order valence-corrected chi connectivity index (χ0v) is 21.2. The van der Waals surface area contributed by atoms with Crippen LogP contribution in [0.15, 0.2) is 23.3 Å². The van der Waals surface area contributed by atoms with E-state index >= 15 is 0 Å². The zero-order chi connectivity index (χ0) is 20.5. The molecule has 170 valence electrons. The number of rotatable bonds is 8. The molecule has 30 heavy (non-hydrogen) atoms. The number of likely N-dealkylation sites (tertiary alicyclic amines) is 1. The Labute approximate surface area is 203 Å². The average molecular weight is 551 g/mol. The Morgan fingerprint density at radius 2 is 2.10 bits per heavy atom. The molecule has 1 unspecified atom stereocenters. The third-order valence-electron chi connectivity index (χ3n) is 5.74. The third kappa shape index (κ3) is 7.69. The number of hydrogen-bond acceptors (Lipinski definition) is 5. The van der Waals surface area contributed by atoms with Crippen molar-refractivity contribution >= 4 is 47.4 Å². The van der Waals surface area contributed by atoms with Gasteiger partial charge in [-0.1, -0.05) is 11.6 Å². The van der Waals surface area contributed by atoms with Gasteiger partial charge in [-0.05, 0) is 57.3 Å². The minimum Gasteiger partial charge on any atom is -0.383 e. The Morgan fingerprint density at radius 3 is 2.80 bits per heavy atom. The number of nitrogens with zero attached hydrogens (tertiary/aromatic N) is 4. The minimum atomic E-state index is 0. The van der Waals surface area contributed by atoms with Gasteiger partial charge in [-0.25, -0.2) is 4.98 Å². The lowest BCUT2D eigenvalue weighted by atomic mass is 9.97. The second-order valence-corrected chi connectivity index (χ2v) is 8.29. The largest absolute Gasteiger partial charge is 0.383 e. The summed E-state index contributed by atoms with van der Waals surface area (Å²) < 4.78 is 5.19. The smallest absolute Gasteiger partial charge is 0.191 e. The van der Waals surface area contributed by atoms with Crippen molar-refractivity contribution in [3.63, 3.8) is 0 Å². The lowest BCUT2D eigenvalue weighted by Gasteiger charge is -2.31. The number of halogens is 2. The molecule has 3 heterocycles. The van der Waals surface area contributed by atoms with E-state index in [-0.39, 0.29) is 24.0 Å². The molecule has 0 aliphatic carbocycles. The highest BCUT2D eigenvalue weighted by molar-refractivity contribution is 14.0. The predicted octanol–water partition coefficient (Wildman–Crippen LogP) is 2.85. The fraction of sp³-hybridized carbons (Fsp3) is 0.714. The molecule has 0 spiro atoms. The van der Waals surface area contributed by atoms with Gasteiger partial charge in [0.1, 0.15) is 5.82 Å². The maximum absolute atomic E-state index is 6.31. The zero-order valence-electron chi connectivity index (χ0n) is 18.1. The number of pyridine rings is 1. The van der Waals surface area contributed by atoms with Crippen LogP contribution >= 0.6 is 35.6 Å². The van der Waals surface area contributed by atoms with E-state index in [2.05, 4.69) is 32.3 Å². The van der Waals surface area contributed by atoms with E-state index in [1.54, 1.807) is 13.3 Å². The fourth-order valence-corrected chi connectivity index (χ4v) is 4.27. The number of ether oxygens (including phenoxy) is 1. The van der Waals surface area contributed by atoms with Crippen LogP contribution in [0.5, 0.6) is 0 Å². The summed E-state index contributed by atoms with van der Waals surface area (Å²) in [6.07, 6.45) is 5.27. The molecule has 1 aromatic rings. The van der Waals surface area contributed by atoms with Crippen LogP contribution in [-0.2, 0) is 4.74 Å². The Morgan fingerprint density at radius 1 is 1.30 bits per heavy atom. The minimum absolute atomic E-state index is 0. The number of methoxy groups -OCH3 is 1. The molecule has 0 radical (unpaired) electrons. The van der Waals surface area contributed by atoms with Crippen LogP contribution in [0.1, 0.15) is 26.2 Å². The fourth-order valence-electron chi connectivity index (χ4n) is 4.03. The van der Waals surface area contributed by atoms with Gasteiger partial charge in [0, 0.05) is 52.1 Å². The van der Waals surface area contributed by atoms with Crippen molar-refractivity contribution in [1.29, 1.82) is 0 Å². The summed E-state index contributed by atoms with van der Waals surface area (Å²) in [5, 5.41) is 7.73. The van der Waals surface area contributed by atoms with Crippen molar-refractivity contribution in [3.8, 4) is 0 Å². The van der Waals surface area contributed by atoms with E-state index in [4.69, 9.17) is 21.3 Å². The summed E-state index contributed by atoms with van der Waals surface area (Å²) in [5.74, 6) is 2.46. The first kappa shape index (κ1) is 25.4. The van der Waals surface area contributed by atoms with Gasteiger partial charge in [-0.2, -0.15) is 0 Å². The molecule has 1 aromatic heterocycles. The summed E-state index contributed by atoms with van der Waals surface area (Å²) in [6, 6.07) is 4.12. The molecular weight excluding hydrogens is 515 g/mol. The first-order valence-electron chi connectivity index (χ1n) is 10.8. The van der Waals surface area contributed by atoms with Crippen LogP contribution in [0.25, 0.3) is 0 Å². The monoisotopic (exact) mass is 550 g/mol. The van der Waals surface area contributed by atoms with Gasteiger partial charge >= 0.3 is 0 Å². The Kier molecular flexibility index (Phi) is 11.5. The van der Waals surface area contributed by atoms with Crippen LogP contribution in [0.4, 0.5) is 5.82 Å². The maximum atomic E-state index is 6.31. The Balaban J connectivity index is 0.00000320. The van der Waals surface area contributed by atoms with E-state index in [0.29, 0.717) is 17.0 Å². The normalized spacial score (nSPS) is 20.8. The van der Waals surface area contributed by atoms with Crippen molar-refractivity contribution in [2.24, 2.45) is 10.9 Å². The molecule has 2 saturated heterocycles. The van der Waals surface area contributed by atoms with Gasteiger partial charge in [-0.15, -0.1) is 24.0 Å². The molecule has 2 fully saturated rings. The highest BCUT2D eigenvalue weighted by Gasteiger charge is 2.26. The predicted molar refractivity (Wildman–Crippen MR) is 135 cm³/mol. The van der Waals surface area contributed by atoms with Gasteiger partial charge in [0.25, 0.3) is 0 Å². The molecule has 0 amide bonds. The highest BCUT2D eigenvalue weighted by Crippen LogP contribution is 2.25. The topological polar surface area (TPSA) is 65.0 Å². The quantitative estimate of drug-likeness (QED) is 0.295. The van der Waals surface area contributed by atoms with Crippen LogP contribution < -0.4 is 15.5 Å². The maximum Gasteiger partial charge on any atom is 0.191 e. The number of aliphatic imine (C=N–C) groups is 1.